The third-order valence-electron chi connectivity index (χ3n) is 9.46. The first kappa shape index (κ1) is 26.8. The Kier molecular flexibility index (Phi) is 5.83. The summed E-state index contributed by atoms with van der Waals surface area (Å²) in [6.07, 6.45) is 0. The zero-order valence-corrected chi connectivity index (χ0v) is 26.3. The Morgan fingerprint density at radius 1 is 0.630 bits per heavy atom. The number of rotatable bonds is 4. The van der Waals surface area contributed by atoms with Gasteiger partial charge >= 0.3 is 0 Å². The van der Waals surface area contributed by atoms with Crippen LogP contribution in [0.5, 0.6) is 0 Å². The minimum absolute atomic E-state index is 0.124. The average Bonchev–Trinajstić information content (AvgIpc) is 3.57. The van der Waals surface area contributed by atoms with Gasteiger partial charge in [0.2, 0.25) is 0 Å². The minimum atomic E-state index is -0.192. The second-order valence-electron chi connectivity index (χ2n) is 12.4. The van der Waals surface area contributed by atoms with E-state index >= 15 is 0 Å². The molecule has 1 aliphatic carbocycles. The standard InChI is InChI=1S/C41H29N3OS/c1-41(2)33-17-9-6-15-30(33)31-22-20-27(24-34(31)41)43(35-18-10-7-14-29(35)26-12-4-3-5-13-26)28-21-23-37-38(25-28)46-40-42-39(45)32-16-8-11-19-36(32)44(37)40/h3-25H,1-2H3. The second-order valence-corrected chi connectivity index (χ2v) is 13.4. The first-order valence-electron chi connectivity index (χ1n) is 15.5. The van der Waals surface area contributed by atoms with E-state index in [0.29, 0.717) is 10.3 Å². The van der Waals surface area contributed by atoms with Crippen LogP contribution in [-0.2, 0) is 5.41 Å². The number of thiazole rings is 1. The van der Waals surface area contributed by atoms with Gasteiger partial charge in [-0.1, -0.05) is 116 Å². The monoisotopic (exact) mass is 611 g/mol. The van der Waals surface area contributed by atoms with E-state index < -0.39 is 0 Å². The highest BCUT2D eigenvalue weighted by molar-refractivity contribution is 7.23. The molecule has 0 unspecified atom stereocenters. The molecule has 1 aliphatic rings. The van der Waals surface area contributed by atoms with Crippen LogP contribution in [0.15, 0.2) is 144 Å². The fourth-order valence-electron chi connectivity index (χ4n) is 7.25. The molecular weight excluding hydrogens is 583 g/mol. The zero-order chi connectivity index (χ0) is 31.0. The summed E-state index contributed by atoms with van der Waals surface area (Å²) in [5, 5.41) is 0.629. The molecule has 0 saturated heterocycles. The molecule has 0 bridgehead atoms. The Labute approximate surface area is 270 Å². The quantitative estimate of drug-likeness (QED) is 0.199. The maximum Gasteiger partial charge on any atom is 0.281 e. The molecule has 5 heteroatoms. The molecule has 6 aromatic carbocycles. The van der Waals surface area contributed by atoms with Gasteiger partial charge in [-0.25, -0.2) is 0 Å². The molecular formula is C41H29N3OS. The van der Waals surface area contributed by atoms with Crippen molar-refractivity contribution in [2.75, 3.05) is 4.90 Å². The van der Waals surface area contributed by atoms with Crippen LogP contribution in [0.25, 0.3) is 48.3 Å². The molecule has 0 fully saturated rings. The summed E-state index contributed by atoms with van der Waals surface area (Å²) in [5.41, 5.74) is 12.4. The summed E-state index contributed by atoms with van der Waals surface area (Å²) in [6, 6.07) is 49.2. The predicted molar refractivity (Wildman–Crippen MR) is 192 cm³/mol. The lowest BCUT2D eigenvalue weighted by molar-refractivity contribution is 0.660. The maximum atomic E-state index is 12.9. The summed E-state index contributed by atoms with van der Waals surface area (Å²) in [5.74, 6) is 0. The van der Waals surface area contributed by atoms with E-state index in [9.17, 15) is 4.79 Å². The van der Waals surface area contributed by atoms with Gasteiger partial charge in [-0.2, -0.15) is 4.98 Å². The van der Waals surface area contributed by atoms with Crippen LogP contribution < -0.4 is 10.5 Å². The third-order valence-corrected chi connectivity index (χ3v) is 10.5. The Hall–Kier alpha value is -5.52. The van der Waals surface area contributed by atoms with Crippen LogP contribution in [0.2, 0.25) is 0 Å². The minimum Gasteiger partial charge on any atom is -0.310 e. The average molecular weight is 612 g/mol. The molecule has 0 radical (unpaired) electrons. The van der Waals surface area contributed by atoms with Crippen LogP contribution in [-0.4, -0.2) is 9.38 Å². The van der Waals surface area contributed by atoms with Gasteiger partial charge in [0.1, 0.15) is 0 Å². The molecule has 0 spiro atoms. The summed E-state index contributed by atoms with van der Waals surface area (Å²) < 4.78 is 3.18. The summed E-state index contributed by atoms with van der Waals surface area (Å²) in [7, 11) is 0. The van der Waals surface area contributed by atoms with E-state index in [4.69, 9.17) is 0 Å². The molecule has 0 aliphatic heterocycles. The molecule has 9 rings (SSSR count). The van der Waals surface area contributed by atoms with Crippen molar-refractivity contribution in [3.8, 4) is 22.3 Å². The predicted octanol–water partition coefficient (Wildman–Crippen LogP) is 10.5. The van der Waals surface area contributed by atoms with Crippen molar-refractivity contribution in [1.82, 2.24) is 9.38 Å². The molecule has 220 valence electrons. The molecule has 2 aromatic heterocycles. The van der Waals surface area contributed by atoms with Crippen molar-refractivity contribution in [2.24, 2.45) is 0 Å². The smallest absolute Gasteiger partial charge is 0.281 e. The fraction of sp³-hybridized carbons (Fsp3) is 0.0732. The summed E-state index contributed by atoms with van der Waals surface area (Å²) >= 11 is 1.55. The molecule has 46 heavy (non-hydrogen) atoms. The van der Waals surface area contributed by atoms with Crippen molar-refractivity contribution in [3.63, 3.8) is 0 Å². The number of anilines is 3. The van der Waals surface area contributed by atoms with E-state index in [1.165, 1.54) is 22.3 Å². The van der Waals surface area contributed by atoms with Crippen molar-refractivity contribution in [2.45, 2.75) is 19.3 Å². The third kappa shape index (κ3) is 3.92. The van der Waals surface area contributed by atoms with Gasteiger partial charge in [-0.3, -0.25) is 9.20 Å². The lowest BCUT2D eigenvalue weighted by atomic mass is 9.82. The van der Waals surface area contributed by atoms with Crippen molar-refractivity contribution in [3.05, 3.63) is 161 Å². The van der Waals surface area contributed by atoms with Crippen LogP contribution >= 0.6 is 11.3 Å². The number of nitrogens with zero attached hydrogens (tertiary/aromatic N) is 3. The van der Waals surface area contributed by atoms with Gasteiger partial charge in [0.05, 0.1) is 26.8 Å². The summed E-state index contributed by atoms with van der Waals surface area (Å²) in [6.45, 7) is 4.65. The topological polar surface area (TPSA) is 37.6 Å². The SMILES string of the molecule is CC1(C)c2ccccc2-c2ccc(N(c3ccc4c(c3)sc3nc(=O)c5ccccc5n34)c3ccccc3-c3ccccc3)cc21. The van der Waals surface area contributed by atoms with Gasteiger partial charge in [-0.05, 0) is 76.3 Å². The first-order chi connectivity index (χ1) is 22.5. The first-order valence-corrected chi connectivity index (χ1v) is 16.3. The molecule has 8 aromatic rings. The zero-order valence-electron chi connectivity index (χ0n) is 25.4. The van der Waals surface area contributed by atoms with E-state index in [1.54, 1.807) is 11.3 Å². The number of para-hydroxylation sites is 2. The Morgan fingerprint density at radius 3 is 2.17 bits per heavy atom. The van der Waals surface area contributed by atoms with Gasteiger partial charge in [0.15, 0.2) is 4.96 Å². The number of benzene rings is 6. The maximum absolute atomic E-state index is 12.9. The van der Waals surface area contributed by atoms with E-state index in [0.717, 1.165) is 43.9 Å². The number of hydrogen-bond acceptors (Lipinski definition) is 4. The van der Waals surface area contributed by atoms with Gasteiger partial charge in [-0.15, -0.1) is 0 Å². The highest BCUT2D eigenvalue weighted by atomic mass is 32.1. The number of aromatic nitrogens is 2. The Bertz CT molecular complexity index is 2540. The molecule has 0 atom stereocenters. The summed E-state index contributed by atoms with van der Waals surface area (Å²) in [4.78, 5) is 20.4. The fourth-order valence-corrected chi connectivity index (χ4v) is 8.30. The van der Waals surface area contributed by atoms with Crippen molar-refractivity contribution < 1.29 is 0 Å². The van der Waals surface area contributed by atoms with Crippen molar-refractivity contribution in [1.29, 1.82) is 0 Å². The van der Waals surface area contributed by atoms with Crippen LogP contribution in [0, 0.1) is 0 Å². The molecule has 0 amide bonds. The van der Waals surface area contributed by atoms with E-state index in [2.05, 4.69) is 143 Å². The lowest BCUT2D eigenvalue weighted by Gasteiger charge is -2.30. The largest absolute Gasteiger partial charge is 0.310 e. The van der Waals surface area contributed by atoms with Gasteiger partial charge in [0, 0.05) is 22.4 Å². The normalized spacial score (nSPS) is 13.3. The van der Waals surface area contributed by atoms with Crippen LogP contribution in [0.1, 0.15) is 25.0 Å². The van der Waals surface area contributed by atoms with Crippen LogP contribution in [0.3, 0.4) is 0 Å². The number of hydrogen-bond donors (Lipinski definition) is 0. The van der Waals surface area contributed by atoms with E-state index in [1.807, 2.05) is 24.3 Å². The highest BCUT2D eigenvalue weighted by Crippen LogP contribution is 2.51. The molecule has 2 heterocycles. The molecule has 4 nitrogen and oxygen atoms in total. The van der Waals surface area contributed by atoms with Crippen LogP contribution in [0.4, 0.5) is 17.1 Å². The Balaban J connectivity index is 1.30. The Morgan fingerprint density at radius 2 is 1.30 bits per heavy atom. The molecule has 0 saturated carbocycles. The van der Waals surface area contributed by atoms with E-state index in [-0.39, 0.29) is 11.0 Å². The van der Waals surface area contributed by atoms with Crippen molar-refractivity contribution >= 4 is 54.5 Å². The van der Waals surface area contributed by atoms with Gasteiger partial charge in [0.25, 0.3) is 5.56 Å². The second kappa shape index (κ2) is 9.99. The highest BCUT2D eigenvalue weighted by Gasteiger charge is 2.36. The van der Waals surface area contributed by atoms with Gasteiger partial charge < -0.3 is 4.90 Å². The number of fused-ring (bicyclic) bond motifs is 8. The lowest BCUT2D eigenvalue weighted by Crippen LogP contribution is -2.16. The molecule has 0 N–H and O–H groups in total.